The van der Waals surface area contributed by atoms with Gasteiger partial charge in [0.05, 0.1) is 17.5 Å². The monoisotopic (exact) mass is 405 g/mol. The first-order chi connectivity index (χ1) is 14.0. The Kier molecular flexibility index (Phi) is 5.01. The normalized spacial score (nSPS) is 10.7. The van der Waals surface area contributed by atoms with Crippen molar-refractivity contribution in [1.29, 1.82) is 0 Å². The first-order valence-electron chi connectivity index (χ1n) is 8.85. The molecule has 0 unspecified atom stereocenters. The van der Waals surface area contributed by atoms with E-state index in [1.54, 1.807) is 48.0 Å². The minimum absolute atomic E-state index is 0.125. The van der Waals surface area contributed by atoms with Crippen molar-refractivity contribution in [3.63, 3.8) is 0 Å². The number of aryl methyl sites for hydroxylation is 1. The van der Waals surface area contributed by atoms with Gasteiger partial charge in [-0.2, -0.15) is 5.10 Å². The largest absolute Gasteiger partial charge is 0.459 e. The number of para-hydroxylation sites is 1. The molecule has 0 bridgehead atoms. The Labute approximate surface area is 171 Å². The van der Waals surface area contributed by atoms with Crippen LogP contribution in [0, 0.1) is 6.92 Å². The molecule has 7 heteroatoms. The van der Waals surface area contributed by atoms with E-state index in [1.807, 2.05) is 30.3 Å². The fourth-order valence-corrected chi connectivity index (χ4v) is 3.10. The van der Waals surface area contributed by atoms with Gasteiger partial charge in [0.2, 0.25) is 5.43 Å². The van der Waals surface area contributed by atoms with E-state index in [1.165, 1.54) is 6.26 Å². The predicted octanol–water partition coefficient (Wildman–Crippen LogP) is 4.71. The van der Waals surface area contributed by atoms with E-state index in [0.29, 0.717) is 27.5 Å². The van der Waals surface area contributed by atoms with Crippen molar-refractivity contribution in [2.24, 2.45) is 0 Å². The fourth-order valence-electron chi connectivity index (χ4n) is 2.97. The number of carbonyl (C=O) groups excluding carboxylic acids is 1. The van der Waals surface area contributed by atoms with Gasteiger partial charge in [0, 0.05) is 5.02 Å². The number of aromatic nitrogens is 2. The Hall–Kier alpha value is -3.64. The number of hydrogen-bond acceptors (Lipinski definition) is 4. The maximum atomic E-state index is 13.0. The summed E-state index contributed by atoms with van der Waals surface area (Å²) in [4.78, 5) is 25.8. The van der Waals surface area contributed by atoms with Gasteiger partial charge in [0.15, 0.2) is 5.76 Å². The van der Waals surface area contributed by atoms with Gasteiger partial charge < -0.3 is 9.73 Å². The summed E-state index contributed by atoms with van der Waals surface area (Å²) in [7, 11) is 0. The van der Waals surface area contributed by atoms with Gasteiger partial charge in [-0.05, 0) is 48.9 Å². The van der Waals surface area contributed by atoms with Gasteiger partial charge in [-0.25, -0.2) is 4.68 Å². The van der Waals surface area contributed by atoms with Gasteiger partial charge >= 0.3 is 0 Å². The molecule has 0 saturated carbocycles. The zero-order chi connectivity index (χ0) is 20.4. The smallest absolute Gasteiger partial charge is 0.292 e. The van der Waals surface area contributed by atoms with Crippen molar-refractivity contribution < 1.29 is 9.21 Å². The third kappa shape index (κ3) is 3.70. The van der Waals surface area contributed by atoms with Gasteiger partial charge in [-0.1, -0.05) is 41.9 Å². The molecule has 2 heterocycles. The Morgan fingerprint density at radius 3 is 2.41 bits per heavy atom. The fraction of sp³-hybridized carbons (Fsp3) is 0.0455. The summed E-state index contributed by atoms with van der Waals surface area (Å²) in [6.07, 6.45) is 1.41. The van der Waals surface area contributed by atoms with Gasteiger partial charge in [0.25, 0.3) is 5.91 Å². The number of carbonyl (C=O) groups is 1. The Morgan fingerprint density at radius 2 is 1.76 bits per heavy atom. The van der Waals surface area contributed by atoms with Crippen molar-refractivity contribution >= 4 is 23.3 Å². The molecule has 0 saturated heterocycles. The molecule has 29 heavy (non-hydrogen) atoms. The summed E-state index contributed by atoms with van der Waals surface area (Å²) < 4.78 is 6.73. The summed E-state index contributed by atoms with van der Waals surface area (Å²) in [5, 5.41) is 7.76. The molecule has 0 aliphatic rings. The van der Waals surface area contributed by atoms with Gasteiger partial charge in [-0.15, -0.1) is 0 Å². The molecule has 1 amide bonds. The molecule has 0 radical (unpaired) electrons. The lowest BCUT2D eigenvalue weighted by Crippen LogP contribution is -2.24. The van der Waals surface area contributed by atoms with Crippen LogP contribution in [0.3, 0.4) is 0 Å². The second kappa shape index (κ2) is 7.77. The molecule has 144 valence electrons. The van der Waals surface area contributed by atoms with Crippen LogP contribution in [0.15, 0.2) is 82.2 Å². The third-order valence-electron chi connectivity index (χ3n) is 4.36. The number of nitrogens with zero attached hydrogens (tertiary/aromatic N) is 2. The first-order valence-corrected chi connectivity index (χ1v) is 9.22. The second-order valence-corrected chi connectivity index (χ2v) is 6.76. The van der Waals surface area contributed by atoms with E-state index in [4.69, 9.17) is 16.0 Å². The van der Waals surface area contributed by atoms with Crippen LogP contribution < -0.4 is 10.7 Å². The van der Waals surface area contributed by atoms with Crippen LogP contribution in [0.4, 0.5) is 5.82 Å². The van der Waals surface area contributed by atoms with Gasteiger partial charge in [-0.3, -0.25) is 9.59 Å². The number of benzene rings is 2. The summed E-state index contributed by atoms with van der Waals surface area (Å²) in [5.74, 6) is -0.116. The highest BCUT2D eigenvalue weighted by atomic mass is 35.5. The average Bonchev–Trinajstić information content (AvgIpc) is 3.27. The Bertz CT molecular complexity index is 1210. The molecule has 4 aromatic rings. The van der Waals surface area contributed by atoms with Gasteiger partial charge in [0.1, 0.15) is 11.5 Å². The third-order valence-corrected chi connectivity index (χ3v) is 4.62. The molecule has 1 N–H and O–H groups in total. The Balaban J connectivity index is 1.97. The van der Waals surface area contributed by atoms with Crippen molar-refractivity contribution in [2.45, 2.75) is 6.92 Å². The standard InChI is InChI=1S/C22H16ClN3O3/c1-14-20(27)19(15-9-11-16(23)12-10-15)21(24-22(28)18-8-5-13-29-18)26(25-14)17-6-3-2-4-7-17/h2-13H,1H3,(H,24,28). The van der Waals surface area contributed by atoms with E-state index in [2.05, 4.69) is 10.4 Å². The van der Waals surface area contributed by atoms with E-state index in [9.17, 15) is 9.59 Å². The lowest BCUT2D eigenvalue weighted by molar-refractivity contribution is 0.0996. The number of rotatable bonds is 4. The molecule has 0 aliphatic carbocycles. The molecular weight excluding hydrogens is 390 g/mol. The zero-order valence-corrected chi connectivity index (χ0v) is 16.2. The van der Waals surface area contributed by atoms with Crippen LogP contribution in [-0.4, -0.2) is 15.7 Å². The summed E-state index contributed by atoms with van der Waals surface area (Å²) >= 11 is 6.01. The second-order valence-electron chi connectivity index (χ2n) is 6.32. The number of halogens is 1. The highest BCUT2D eigenvalue weighted by Gasteiger charge is 2.21. The lowest BCUT2D eigenvalue weighted by atomic mass is 10.1. The number of anilines is 1. The molecule has 0 fully saturated rings. The molecule has 6 nitrogen and oxygen atoms in total. The molecule has 4 rings (SSSR count). The highest BCUT2D eigenvalue weighted by molar-refractivity contribution is 6.30. The maximum absolute atomic E-state index is 13.0. The van der Waals surface area contributed by atoms with Crippen molar-refractivity contribution in [3.8, 4) is 16.8 Å². The molecule has 2 aromatic carbocycles. The quantitative estimate of drug-likeness (QED) is 0.533. The predicted molar refractivity (Wildman–Crippen MR) is 112 cm³/mol. The van der Waals surface area contributed by atoms with E-state index in [0.717, 1.165) is 0 Å². The molecule has 0 aliphatic heterocycles. The molecule has 2 aromatic heterocycles. The first kappa shape index (κ1) is 18.7. The van der Waals surface area contributed by atoms with Crippen molar-refractivity contribution in [3.05, 3.63) is 99.7 Å². The van der Waals surface area contributed by atoms with Crippen LogP contribution in [0.5, 0.6) is 0 Å². The summed E-state index contributed by atoms with van der Waals surface area (Å²) in [6.45, 7) is 1.64. The van der Waals surface area contributed by atoms with Crippen LogP contribution in [-0.2, 0) is 0 Å². The van der Waals surface area contributed by atoms with Crippen LogP contribution in [0.1, 0.15) is 16.2 Å². The molecule has 0 atom stereocenters. The highest BCUT2D eigenvalue weighted by Crippen LogP contribution is 2.28. The number of nitrogens with one attached hydrogen (secondary N) is 1. The summed E-state index contributed by atoms with van der Waals surface area (Å²) in [6, 6.07) is 19.3. The van der Waals surface area contributed by atoms with Crippen LogP contribution >= 0.6 is 11.6 Å². The number of amides is 1. The molecular formula is C22H16ClN3O3. The summed E-state index contributed by atoms with van der Waals surface area (Å²) in [5.41, 5.74) is 1.65. The topological polar surface area (TPSA) is 77.1 Å². The Morgan fingerprint density at radius 1 is 1.03 bits per heavy atom. The maximum Gasteiger partial charge on any atom is 0.292 e. The van der Waals surface area contributed by atoms with Crippen LogP contribution in [0.25, 0.3) is 16.8 Å². The van der Waals surface area contributed by atoms with Crippen molar-refractivity contribution in [2.75, 3.05) is 5.32 Å². The van der Waals surface area contributed by atoms with Crippen molar-refractivity contribution in [1.82, 2.24) is 9.78 Å². The SMILES string of the molecule is Cc1nn(-c2ccccc2)c(NC(=O)c2ccco2)c(-c2ccc(Cl)cc2)c1=O. The molecule has 0 spiro atoms. The zero-order valence-electron chi connectivity index (χ0n) is 15.4. The lowest BCUT2D eigenvalue weighted by Gasteiger charge is -2.18. The minimum atomic E-state index is -0.486. The van der Waals surface area contributed by atoms with E-state index >= 15 is 0 Å². The van der Waals surface area contributed by atoms with Crippen LogP contribution in [0.2, 0.25) is 5.02 Å². The average molecular weight is 406 g/mol. The van der Waals surface area contributed by atoms with E-state index < -0.39 is 5.91 Å². The number of furan rings is 1. The number of hydrogen-bond donors (Lipinski definition) is 1. The minimum Gasteiger partial charge on any atom is -0.459 e. The van der Waals surface area contributed by atoms with E-state index in [-0.39, 0.29) is 17.0 Å².